The number of pyridine rings is 1. The van der Waals surface area contributed by atoms with Crippen LogP contribution in [0, 0.1) is 12.8 Å². The van der Waals surface area contributed by atoms with E-state index in [1.54, 1.807) is 0 Å². The van der Waals surface area contributed by atoms with Crippen LogP contribution in [0.2, 0.25) is 0 Å². The molecule has 8 heteroatoms. The number of aromatic nitrogens is 2. The van der Waals surface area contributed by atoms with Crippen LogP contribution in [0.1, 0.15) is 31.2 Å². The fraction of sp³-hybridized carbons (Fsp3) is 0.444. The molecule has 0 saturated carbocycles. The second-order valence-electron chi connectivity index (χ2n) is 6.55. The van der Waals surface area contributed by atoms with E-state index in [1.807, 2.05) is 30.5 Å². The molecule has 0 bridgehead atoms. The molecule has 0 radical (unpaired) electrons. The SMILES string of the molecule is CC(=O)Nc1nc(CN2CCCC(C(=O)Nc3cccc(C)n3)C2)cs1. The third-order valence-corrected chi connectivity index (χ3v) is 5.04. The topological polar surface area (TPSA) is 87.2 Å². The normalized spacial score (nSPS) is 17.7. The number of anilines is 2. The first kappa shape index (κ1) is 18.5. The molecule has 1 saturated heterocycles. The number of piperidine rings is 1. The number of nitrogens with one attached hydrogen (secondary N) is 2. The van der Waals surface area contributed by atoms with Gasteiger partial charge in [0.1, 0.15) is 5.82 Å². The molecule has 2 aromatic heterocycles. The van der Waals surface area contributed by atoms with Crippen LogP contribution in [0.25, 0.3) is 0 Å². The molecule has 0 spiro atoms. The summed E-state index contributed by atoms with van der Waals surface area (Å²) in [6.07, 6.45) is 1.85. The van der Waals surface area contributed by atoms with Crippen molar-refractivity contribution in [2.75, 3.05) is 23.7 Å². The summed E-state index contributed by atoms with van der Waals surface area (Å²) in [5, 5.41) is 8.19. The number of thiazole rings is 1. The lowest BCUT2D eigenvalue weighted by molar-refractivity contribution is -0.121. The van der Waals surface area contributed by atoms with E-state index in [0.717, 1.165) is 30.8 Å². The van der Waals surface area contributed by atoms with Gasteiger partial charge in [0, 0.05) is 31.1 Å². The van der Waals surface area contributed by atoms with Gasteiger partial charge >= 0.3 is 0 Å². The molecule has 2 amide bonds. The molecule has 3 rings (SSSR count). The zero-order valence-electron chi connectivity index (χ0n) is 15.0. The Labute approximate surface area is 156 Å². The Morgan fingerprint density at radius 2 is 2.15 bits per heavy atom. The fourth-order valence-corrected chi connectivity index (χ4v) is 3.82. The molecule has 1 aliphatic heterocycles. The molecule has 7 nitrogen and oxygen atoms in total. The Hall–Kier alpha value is -2.32. The lowest BCUT2D eigenvalue weighted by atomic mass is 9.97. The largest absolute Gasteiger partial charge is 0.310 e. The molecule has 0 aliphatic carbocycles. The van der Waals surface area contributed by atoms with Gasteiger partial charge in [-0.3, -0.25) is 14.5 Å². The highest BCUT2D eigenvalue weighted by Gasteiger charge is 2.26. The lowest BCUT2D eigenvalue weighted by Gasteiger charge is -2.31. The highest BCUT2D eigenvalue weighted by Crippen LogP contribution is 2.22. The molecule has 1 fully saturated rings. The molecule has 3 heterocycles. The monoisotopic (exact) mass is 373 g/mol. The Morgan fingerprint density at radius 3 is 2.92 bits per heavy atom. The zero-order chi connectivity index (χ0) is 18.5. The number of carbonyl (C=O) groups excluding carboxylic acids is 2. The van der Waals surface area contributed by atoms with Gasteiger partial charge < -0.3 is 10.6 Å². The minimum Gasteiger partial charge on any atom is -0.310 e. The van der Waals surface area contributed by atoms with E-state index in [4.69, 9.17) is 0 Å². The second kappa shape index (κ2) is 8.37. The summed E-state index contributed by atoms with van der Waals surface area (Å²) >= 11 is 1.42. The number of amides is 2. The average molecular weight is 373 g/mol. The molecule has 1 atom stereocenters. The maximum Gasteiger partial charge on any atom is 0.229 e. The van der Waals surface area contributed by atoms with Crippen LogP contribution in [0.3, 0.4) is 0 Å². The summed E-state index contributed by atoms with van der Waals surface area (Å²) in [7, 11) is 0. The number of likely N-dealkylation sites (tertiary alicyclic amines) is 1. The zero-order valence-corrected chi connectivity index (χ0v) is 15.8. The molecule has 2 N–H and O–H groups in total. The summed E-state index contributed by atoms with van der Waals surface area (Å²) in [6, 6.07) is 5.60. The van der Waals surface area contributed by atoms with Crippen molar-refractivity contribution in [3.05, 3.63) is 35.0 Å². The quantitative estimate of drug-likeness (QED) is 0.841. The van der Waals surface area contributed by atoms with Crippen molar-refractivity contribution in [2.24, 2.45) is 5.92 Å². The summed E-state index contributed by atoms with van der Waals surface area (Å²) in [5.41, 5.74) is 1.80. The van der Waals surface area contributed by atoms with E-state index in [1.165, 1.54) is 18.3 Å². The van der Waals surface area contributed by atoms with E-state index in [0.29, 0.717) is 24.0 Å². The third-order valence-electron chi connectivity index (χ3n) is 4.24. The van der Waals surface area contributed by atoms with Crippen LogP contribution in [0.15, 0.2) is 23.6 Å². The predicted molar refractivity (Wildman–Crippen MR) is 102 cm³/mol. The summed E-state index contributed by atoms with van der Waals surface area (Å²) in [4.78, 5) is 34.7. The Bertz CT molecular complexity index is 791. The molecule has 138 valence electrons. The standard InChI is InChI=1S/C18H23N5O2S/c1-12-5-3-7-16(19-12)22-17(25)14-6-4-8-23(9-14)10-15-11-26-18(21-15)20-13(2)24/h3,5,7,11,14H,4,6,8-10H2,1-2H3,(H,19,22,25)(H,20,21,24). The fourth-order valence-electron chi connectivity index (χ4n) is 3.07. The van der Waals surface area contributed by atoms with Gasteiger partial charge in [-0.05, 0) is 38.4 Å². The molecular formula is C18H23N5O2S. The van der Waals surface area contributed by atoms with E-state index in [9.17, 15) is 9.59 Å². The summed E-state index contributed by atoms with van der Waals surface area (Å²) in [5.74, 6) is 0.446. The molecule has 2 aromatic rings. The Balaban J connectivity index is 1.55. The first-order chi connectivity index (χ1) is 12.5. The van der Waals surface area contributed by atoms with Crippen molar-refractivity contribution in [2.45, 2.75) is 33.2 Å². The van der Waals surface area contributed by atoms with E-state index in [2.05, 4.69) is 25.5 Å². The van der Waals surface area contributed by atoms with Crippen molar-refractivity contribution in [3.8, 4) is 0 Å². The van der Waals surface area contributed by atoms with Gasteiger partial charge in [0.25, 0.3) is 0 Å². The molecular weight excluding hydrogens is 350 g/mol. The summed E-state index contributed by atoms with van der Waals surface area (Å²) < 4.78 is 0. The van der Waals surface area contributed by atoms with Gasteiger partial charge in [-0.1, -0.05) is 6.07 Å². The number of carbonyl (C=O) groups is 2. The number of hydrogen-bond donors (Lipinski definition) is 2. The number of aryl methyl sites for hydroxylation is 1. The van der Waals surface area contributed by atoms with Gasteiger partial charge in [0.15, 0.2) is 5.13 Å². The Kier molecular flexibility index (Phi) is 5.95. The van der Waals surface area contributed by atoms with Crippen LogP contribution in [0.4, 0.5) is 10.9 Å². The van der Waals surface area contributed by atoms with Crippen molar-refractivity contribution in [1.82, 2.24) is 14.9 Å². The minimum absolute atomic E-state index is 0.0185. The van der Waals surface area contributed by atoms with Crippen molar-refractivity contribution < 1.29 is 9.59 Å². The molecule has 1 unspecified atom stereocenters. The van der Waals surface area contributed by atoms with Crippen LogP contribution in [0.5, 0.6) is 0 Å². The third kappa shape index (κ3) is 5.09. The van der Waals surface area contributed by atoms with E-state index >= 15 is 0 Å². The van der Waals surface area contributed by atoms with Crippen molar-refractivity contribution >= 4 is 34.1 Å². The molecule has 0 aromatic carbocycles. The minimum atomic E-state index is -0.120. The lowest BCUT2D eigenvalue weighted by Crippen LogP contribution is -2.40. The first-order valence-corrected chi connectivity index (χ1v) is 9.56. The van der Waals surface area contributed by atoms with Gasteiger partial charge in [0.05, 0.1) is 11.6 Å². The van der Waals surface area contributed by atoms with E-state index < -0.39 is 0 Å². The maximum atomic E-state index is 12.6. The number of nitrogens with zero attached hydrogens (tertiary/aromatic N) is 3. The van der Waals surface area contributed by atoms with Crippen LogP contribution < -0.4 is 10.6 Å². The number of rotatable bonds is 5. The smallest absolute Gasteiger partial charge is 0.229 e. The van der Waals surface area contributed by atoms with E-state index in [-0.39, 0.29) is 17.7 Å². The van der Waals surface area contributed by atoms with Gasteiger partial charge in [-0.25, -0.2) is 9.97 Å². The highest BCUT2D eigenvalue weighted by molar-refractivity contribution is 7.13. The van der Waals surface area contributed by atoms with Crippen molar-refractivity contribution in [3.63, 3.8) is 0 Å². The van der Waals surface area contributed by atoms with Crippen LogP contribution in [-0.4, -0.2) is 39.8 Å². The van der Waals surface area contributed by atoms with Gasteiger partial charge in [-0.15, -0.1) is 11.3 Å². The maximum absolute atomic E-state index is 12.6. The van der Waals surface area contributed by atoms with Crippen LogP contribution in [-0.2, 0) is 16.1 Å². The Morgan fingerprint density at radius 1 is 1.31 bits per heavy atom. The van der Waals surface area contributed by atoms with Gasteiger partial charge in [0.2, 0.25) is 11.8 Å². The molecule has 1 aliphatic rings. The summed E-state index contributed by atoms with van der Waals surface area (Å²) in [6.45, 7) is 5.70. The highest BCUT2D eigenvalue weighted by atomic mass is 32.1. The predicted octanol–water partition coefficient (Wildman–Crippen LogP) is 2.66. The van der Waals surface area contributed by atoms with Gasteiger partial charge in [-0.2, -0.15) is 0 Å². The molecule has 26 heavy (non-hydrogen) atoms. The first-order valence-electron chi connectivity index (χ1n) is 8.68. The van der Waals surface area contributed by atoms with Crippen LogP contribution >= 0.6 is 11.3 Å². The van der Waals surface area contributed by atoms with Crippen molar-refractivity contribution in [1.29, 1.82) is 0 Å². The number of hydrogen-bond acceptors (Lipinski definition) is 6. The second-order valence-corrected chi connectivity index (χ2v) is 7.41. The average Bonchev–Trinajstić information content (AvgIpc) is 3.01.